The Morgan fingerprint density at radius 3 is 2.74 bits per heavy atom. The van der Waals surface area contributed by atoms with Gasteiger partial charge < -0.3 is 15.0 Å². The van der Waals surface area contributed by atoms with E-state index in [9.17, 15) is 14.4 Å². The lowest BCUT2D eigenvalue weighted by molar-refractivity contribution is -0.130. The van der Waals surface area contributed by atoms with Crippen LogP contribution in [0.25, 0.3) is 0 Å². The summed E-state index contributed by atoms with van der Waals surface area (Å²) in [6.07, 6.45) is 0.446. The third-order valence-electron chi connectivity index (χ3n) is 3.58. The van der Waals surface area contributed by atoms with Crippen molar-refractivity contribution in [3.8, 4) is 5.75 Å². The van der Waals surface area contributed by atoms with Gasteiger partial charge in [-0.2, -0.15) is 0 Å². The molecule has 0 saturated carbocycles. The summed E-state index contributed by atoms with van der Waals surface area (Å²) in [4.78, 5) is 36.2. The van der Waals surface area contributed by atoms with Crippen LogP contribution in [0.4, 0.5) is 4.79 Å². The van der Waals surface area contributed by atoms with Gasteiger partial charge in [-0.1, -0.05) is 15.9 Å². The van der Waals surface area contributed by atoms with Crippen molar-refractivity contribution in [3.63, 3.8) is 0 Å². The second-order valence-electron chi connectivity index (χ2n) is 5.26. The summed E-state index contributed by atoms with van der Waals surface area (Å²) in [7, 11) is 3.27. The number of ether oxygens (including phenoxy) is 1. The Morgan fingerprint density at radius 2 is 2.13 bits per heavy atom. The van der Waals surface area contributed by atoms with Crippen LogP contribution in [0.15, 0.2) is 22.7 Å². The summed E-state index contributed by atoms with van der Waals surface area (Å²) in [5.41, 5.74) is 0.879. The maximum atomic E-state index is 12.2. The Labute approximate surface area is 142 Å². The van der Waals surface area contributed by atoms with Gasteiger partial charge in [0.15, 0.2) is 0 Å². The number of carbonyl (C=O) groups excluding carboxylic acids is 3. The lowest BCUT2D eigenvalue weighted by Crippen LogP contribution is -2.32. The molecule has 1 atom stereocenters. The van der Waals surface area contributed by atoms with Gasteiger partial charge >= 0.3 is 6.03 Å². The number of benzene rings is 1. The summed E-state index contributed by atoms with van der Waals surface area (Å²) in [5, 5.41) is 4.62. The predicted octanol–water partition coefficient (Wildman–Crippen LogP) is 1.40. The minimum atomic E-state index is -0.639. The number of nitrogens with one attached hydrogen (secondary N) is 2. The molecule has 0 spiro atoms. The van der Waals surface area contributed by atoms with E-state index < -0.39 is 12.1 Å². The first-order valence-corrected chi connectivity index (χ1v) is 7.87. The van der Waals surface area contributed by atoms with Gasteiger partial charge in [0.05, 0.1) is 7.11 Å². The molecule has 1 fully saturated rings. The van der Waals surface area contributed by atoms with Crippen LogP contribution in [0.3, 0.4) is 0 Å². The van der Waals surface area contributed by atoms with E-state index in [1.54, 1.807) is 19.1 Å². The third-order valence-corrected chi connectivity index (χ3v) is 4.07. The number of halogens is 1. The molecule has 1 heterocycles. The summed E-state index contributed by atoms with van der Waals surface area (Å²) in [5.74, 6) is 0.204. The van der Waals surface area contributed by atoms with Crippen LogP contribution in [0, 0.1) is 0 Å². The lowest BCUT2D eigenvalue weighted by Gasteiger charge is -2.19. The minimum absolute atomic E-state index is 0.110. The second-order valence-corrected chi connectivity index (χ2v) is 6.18. The largest absolute Gasteiger partial charge is 0.496 e. The van der Waals surface area contributed by atoms with E-state index in [0.29, 0.717) is 12.3 Å². The number of hydrogen-bond donors (Lipinski definition) is 2. The predicted molar refractivity (Wildman–Crippen MR) is 86.9 cm³/mol. The first-order chi connectivity index (χ1) is 10.9. The molecule has 0 radical (unpaired) electrons. The molecule has 2 N–H and O–H groups in total. The highest BCUT2D eigenvalue weighted by Crippen LogP contribution is 2.24. The van der Waals surface area contributed by atoms with E-state index in [1.165, 1.54) is 0 Å². The number of urea groups is 1. The van der Waals surface area contributed by atoms with Gasteiger partial charge in [-0.3, -0.25) is 14.9 Å². The van der Waals surface area contributed by atoms with Gasteiger partial charge in [-0.15, -0.1) is 0 Å². The van der Waals surface area contributed by atoms with Crippen LogP contribution in [-0.2, 0) is 16.1 Å². The molecule has 7 nitrogen and oxygen atoms in total. The molecule has 4 amide bonds. The van der Waals surface area contributed by atoms with Crippen LogP contribution in [0.2, 0.25) is 0 Å². The molecule has 0 aromatic heterocycles. The van der Waals surface area contributed by atoms with E-state index >= 15 is 0 Å². The fourth-order valence-corrected chi connectivity index (χ4v) is 2.74. The molecule has 8 heteroatoms. The van der Waals surface area contributed by atoms with Crippen LogP contribution in [0.5, 0.6) is 5.75 Å². The smallest absolute Gasteiger partial charge is 0.322 e. The second kappa shape index (κ2) is 7.45. The van der Waals surface area contributed by atoms with E-state index in [2.05, 4.69) is 26.6 Å². The van der Waals surface area contributed by atoms with Crippen molar-refractivity contribution in [2.75, 3.05) is 14.2 Å². The number of amides is 4. The number of methoxy groups -OCH3 is 1. The summed E-state index contributed by atoms with van der Waals surface area (Å²) >= 11 is 3.40. The van der Waals surface area contributed by atoms with Crippen molar-refractivity contribution in [1.82, 2.24) is 15.5 Å². The minimum Gasteiger partial charge on any atom is -0.496 e. The zero-order chi connectivity index (χ0) is 17.0. The molecular weight excluding hydrogens is 366 g/mol. The quantitative estimate of drug-likeness (QED) is 0.726. The maximum Gasteiger partial charge on any atom is 0.322 e. The monoisotopic (exact) mass is 383 g/mol. The van der Waals surface area contributed by atoms with Crippen molar-refractivity contribution in [3.05, 3.63) is 28.2 Å². The molecule has 1 saturated heterocycles. The number of nitrogens with zero attached hydrogens (tertiary/aromatic N) is 1. The molecule has 0 aliphatic carbocycles. The molecule has 1 aliphatic rings. The van der Waals surface area contributed by atoms with Crippen molar-refractivity contribution in [2.45, 2.75) is 25.4 Å². The van der Waals surface area contributed by atoms with Gasteiger partial charge in [-0.05, 0) is 24.6 Å². The van der Waals surface area contributed by atoms with Crippen LogP contribution < -0.4 is 15.4 Å². The first kappa shape index (κ1) is 17.3. The highest BCUT2D eigenvalue weighted by molar-refractivity contribution is 9.10. The maximum absolute atomic E-state index is 12.2. The summed E-state index contributed by atoms with van der Waals surface area (Å²) in [6, 6.07) is 4.44. The molecular formula is C15H18BrN3O4. The molecule has 23 heavy (non-hydrogen) atoms. The number of imide groups is 1. The zero-order valence-electron chi connectivity index (χ0n) is 12.9. The Bertz CT molecular complexity index is 635. The summed E-state index contributed by atoms with van der Waals surface area (Å²) in [6.45, 7) is 0.394. The summed E-state index contributed by atoms with van der Waals surface area (Å²) < 4.78 is 6.19. The van der Waals surface area contributed by atoms with Crippen LogP contribution in [0.1, 0.15) is 18.4 Å². The lowest BCUT2D eigenvalue weighted by atomic mass is 10.1. The van der Waals surface area contributed by atoms with Crippen LogP contribution in [-0.4, -0.2) is 42.9 Å². The average molecular weight is 384 g/mol. The van der Waals surface area contributed by atoms with Gasteiger partial charge in [0.2, 0.25) is 5.91 Å². The standard InChI is InChI=1S/C15H18BrN3O4/c1-19(8-9-7-10(16)3-5-12(9)23-2)13(20)6-4-11-14(21)18-15(22)17-11/h3,5,7,11H,4,6,8H2,1-2H3,(H2,17,18,21,22). The Morgan fingerprint density at radius 1 is 1.39 bits per heavy atom. The fraction of sp³-hybridized carbons (Fsp3) is 0.400. The molecule has 124 valence electrons. The highest BCUT2D eigenvalue weighted by Gasteiger charge is 2.29. The molecule has 1 aromatic carbocycles. The molecule has 2 rings (SSSR count). The SMILES string of the molecule is COc1ccc(Br)cc1CN(C)C(=O)CCC1NC(=O)NC1=O. The van der Waals surface area contributed by atoms with E-state index in [0.717, 1.165) is 10.0 Å². The number of hydrogen-bond acceptors (Lipinski definition) is 4. The Hall–Kier alpha value is -2.09. The highest BCUT2D eigenvalue weighted by atomic mass is 79.9. The third kappa shape index (κ3) is 4.44. The Balaban J connectivity index is 1.91. The number of rotatable bonds is 6. The average Bonchev–Trinajstić information content (AvgIpc) is 2.82. The molecule has 1 aliphatic heterocycles. The van der Waals surface area contributed by atoms with Gasteiger partial charge in [0.1, 0.15) is 11.8 Å². The fourth-order valence-electron chi connectivity index (χ4n) is 2.34. The number of carbonyl (C=O) groups is 3. The van der Waals surface area contributed by atoms with E-state index in [-0.39, 0.29) is 24.7 Å². The van der Waals surface area contributed by atoms with Crippen LogP contribution >= 0.6 is 15.9 Å². The van der Waals surface area contributed by atoms with E-state index in [1.807, 2.05) is 18.2 Å². The van der Waals surface area contributed by atoms with Crippen molar-refractivity contribution in [2.24, 2.45) is 0 Å². The Kier molecular flexibility index (Phi) is 5.59. The zero-order valence-corrected chi connectivity index (χ0v) is 14.5. The topological polar surface area (TPSA) is 87.7 Å². The van der Waals surface area contributed by atoms with Crippen molar-refractivity contribution < 1.29 is 19.1 Å². The molecule has 0 bridgehead atoms. The van der Waals surface area contributed by atoms with Gasteiger partial charge in [-0.25, -0.2) is 4.79 Å². The molecule has 1 unspecified atom stereocenters. The van der Waals surface area contributed by atoms with Crippen molar-refractivity contribution in [1.29, 1.82) is 0 Å². The van der Waals surface area contributed by atoms with E-state index in [4.69, 9.17) is 4.74 Å². The van der Waals surface area contributed by atoms with Gasteiger partial charge in [0.25, 0.3) is 5.91 Å². The van der Waals surface area contributed by atoms with Crippen molar-refractivity contribution >= 4 is 33.8 Å². The molecule has 1 aromatic rings. The van der Waals surface area contributed by atoms with Gasteiger partial charge in [0, 0.05) is 30.0 Å². The first-order valence-electron chi connectivity index (χ1n) is 7.08. The normalized spacial score (nSPS) is 16.7.